The van der Waals surface area contributed by atoms with Gasteiger partial charge in [0.15, 0.2) is 0 Å². The van der Waals surface area contributed by atoms with Crippen LogP contribution in [0.5, 0.6) is 11.5 Å². The summed E-state index contributed by atoms with van der Waals surface area (Å²) in [7, 11) is 3.09. The number of carbonyl (C=O) groups excluding carboxylic acids is 1. The third-order valence-electron chi connectivity index (χ3n) is 2.92. The molecule has 0 aliphatic heterocycles. The second-order valence-electron chi connectivity index (χ2n) is 4.31. The van der Waals surface area contributed by atoms with Crippen molar-refractivity contribution in [3.05, 3.63) is 59.4 Å². The molecule has 1 N–H and O–H groups in total. The number of nitrogens with one attached hydrogen (secondary N) is 1. The third kappa shape index (κ3) is 3.82. The first-order valence-corrected chi connectivity index (χ1v) is 6.45. The highest BCUT2D eigenvalue weighted by atomic mass is 19.1. The minimum absolute atomic E-state index is 0.320. The second kappa shape index (κ2) is 7.21. The predicted octanol–water partition coefficient (Wildman–Crippen LogP) is 2.61. The maximum Gasteiger partial charge on any atom is 0.271 e. The first kappa shape index (κ1) is 15.5. The van der Waals surface area contributed by atoms with Gasteiger partial charge in [0, 0.05) is 17.2 Å². The van der Waals surface area contributed by atoms with Crippen molar-refractivity contribution in [2.45, 2.75) is 0 Å². The van der Waals surface area contributed by atoms with Gasteiger partial charge in [0.1, 0.15) is 17.3 Å². The average molecular weight is 302 g/mol. The van der Waals surface area contributed by atoms with Crippen LogP contribution in [0, 0.1) is 5.82 Å². The topological polar surface area (TPSA) is 59.9 Å². The fourth-order valence-electron chi connectivity index (χ4n) is 1.75. The van der Waals surface area contributed by atoms with E-state index in [-0.39, 0.29) is 0 Å². The van der Waals surface area contributed by atoms with Crippen molar-refractivity contribution in [1.29, 1.82) is 0 Å². The summed E-state index contributed by atoms with van der Waals surface area (Å²) in [4.78, 5) is 11.8. The van der Waals surface area contributed by atoms with E-state index in [0.717, 1.165) is 0 Å². The summed E-state index contributed by atoms with van der Waals surface area (Å²) in [5.41, 5.74) is 3.37. The van der Waals surface area contributed by atoms with Crippen LogP contribution in [-0.4, -0.2) is 26.3 Å². The fraction of sp³-hybridized carbons (Fsp3) is 0.125. The molecule has 0 atom stereocenters. The Morgan fingerprint density at radius 1 is 1.14 bits per heavy atom. The maximum absolute atomic E-state index is 12.8. The molecule has 0 spiro atoms. The van der Waals surface area contributed by atoms with Crippen LogP contribution in [0.25, 0.3) is 0 Å². The standard InChI is InChI=1S/C16H15FN2O3/c1-21-14-8-5-12(15(9-14)22-2)10-18-19-16(20)11-3-6-13(17)7-4-11/h3-10H,1-2H3,(H,19,20). The van der Waals surface area contributed by atoms with E-state index in [1.807, 2.05) is 0 Å². The highest BCUT2D eigenvalue weighted by Crippen LogP contribution is 2.22. The first-order valence-electron chi connectivity index (χ1n) is 6.45. The largest absolute Gasteiger partial charge is 0.497 e. The van der Waals surface area contributed by atoms with Crippen LogP contribution in [0.4, 0.5) is 4.39 Å². The van der Waals surface area contributed by atoms with Gasteiger partial charge in [-0.2, -0.15) is 5.10 Å². The normalized spacial score (nSPS) is 10.5. The molecule has 0 bridgehead atoms. The molecule has 0 heterocycles. The second-order valence-corrected chi connectivity index (χ2v) is 4.31. The van der Waals surface area contributed by atoms with Crippen LogP contribution in [0.3, 0.4) is 0 Å². The minimum atomic E-state index is -0.427. The van der Waals surface area contributed by atoms with Crippen molar-refractivity contribution in [3.8, 4) is 11.5 Å². The van der Waals surface area contributed by atoms with Gasteiger partial charge in [0.2, 0.25) is 0 Å². The van der Waals surface area contributed by atoms with Crippen LogP contribution in [0.2, 0.25) is 0 Å². The SMILES string of the molecule is COc1ccc(C=NNC(=O)c2ccc(F)cc2)c(OC)c1. The number of rotatable bonds is 5. The van der Waals surface area contributed by atoms with Crippen LogP contribution in [0.15, 0.2) is 47.6 Å². The third-order valence-corrected chi connectivity index (χ3v) is 2.92. The Bertz CT molecular complexity index is 684. The molecule has 0 unspecified atom stereocenters. The molecule has 2 rings (SSSR count). The van der Waals surface area contributed by atoms with E-state index in [4.69, 9.17) is 9.47 Å². The quantitative estimate of drug-likeness (QED) is 0.682. The monoisotopic (exact) mass is 302 g/mol. The van der Waals surface area contributed by atoms with Gasteiger partial charge in [0.05, 0.1) is 20.4 Å². The molecule has 6 heteroatoms. The lowest BCUT2D eigenvalue weighted by molar-refractivity contribution is 0.0955. The van der Waals surface area contributed by atoms with Crippen molar-refractivity contribution in [2.75, 3.05) is 14.2 Å². The lowest BCUT2D eigenvalue weighted by Crippen LogP contribution is -2.17. The predicted molar refractivity (Wildman–Crippen MR) is 81.0 cm³/mol. The molecule has 0 radical (unpaired) electrons. The smallest absolute Gasteiger partial charge is 0.271 e. The van der Waals surface area contributed by atoms with E-state index >= 15 is 0 Å². The zero-order chi connectivity index (χ0) is 15.9. The summed E-state index contributed by atoms with van der Waals surface area (Å²) in [6, 6.07) is 10.4. The van der Waals surface area contributed by atoms with Gasteiger partial charge in [-0.3, -0.25) is 4.79 Å². The van der Waals surface area contributed by atoms with Crippen molar-refractivity contribution in [3.63, 3.8) is 0 Å². The van der Waals surface area contributed by atoms with Gasteiger partial charge in [0.25, 0.3) is 5.91 Å². The number of hydrogen-bond acceptors (Lipinski definition) is 4. The number of carbonyl (C=O) groups is 1. The van der Waals surface area contributed by atoms with E-state index in [9.17, 15) is 9.18 Å². The molecule has 0 aliphatic rings. The summed E-state index contributed by atoms with van der Waals surface area (Å²) in [5, 5.41) is 3.87. The van der Waals surface area contributed by atoms with Gasteiger partial charge in [-0.05, 0) is 36.4 Å². The number of hydrazone groups is 1. The molecular weight excluding hydrogens is 287 g/mol. The van der Waals surface area contributed by atoms with Gasteiger partial charge in [-0.15, -0.1) is 0 Å². The minimum Gasteiger partial charge on any atom is -0.497 e. The molecule has 0 aliphatic carbocycles. The summed E-state index contributed by atoms with van der Waals surface area (Å²) < 4.78 is 23.1. The summed E-state index contributed by atoms with van der Waals surface area (Å²) in [6.07, 6.45) is 1.46. The van der Waals surface area contributed by atoms with Crippen molar-refractivity contribution in [2.24, 2.45) is 5.10 Å². The summed E-state index contributed by atoms with van der Waals surface area (Å²) in [5.74, 6) is 0.398. The molecule has 0 aromatic heterocycles. The molecule has 114 valence electrons. The van der Waals surface area contributed by atoms with Crippen LogP contribution < -0.4 is 14.9 Å². The number of hydrogen-bond donors (Lipinski definition) is 1. The molecule has 0 saturated carbocycles. The van der Waals surface area contributed by atoms with Gasteiger partial charge in [-0.25, -0.2) is 9.82 Å². The summed E-state index contributed by atoms with van der Waals surface area (Å²) in [6.45, 7) is 0. The zero-order valence-corrected chi connectivity index (χ0v) is 12.2. The maximum atomic E-state index is 12.8. The van der Waals surface area contributed by atoms with Gasteiger partial charge in [-0.1, -0.05) is 0 Å². The molecule has 5 nitrogen and oxygen atoms in total. The fourth-order valence-corrected chi connectivity index (χ4v) is 1.75. The zero-order valence-electron chi connectivity index (χ0n) is 12.2. The Labute approximate surface area is 127 Å². The molecule has 22 heavy (non-hydrogen) atoms. The number of methoxy groups -OCH3 is 2. The van der Waals surface area contributed by atoms with Crippen molar-refractivity contribution >= 4 is 12.1 Å². The van der Waals surface area contributed by atoms with E-state index in [1.165, 1.54) is 37.6 Å². The van der Waals surface area contributed by atoms with Crippen molar-refractivity contribution < 1.29 is 18.7 Å². The Morgan fingerprint density at radius 3 is 2.50 bits per heavy atom. The van der Waals surface area contributed by atoms with Crippen molar-refractivity contribution in [1.82, 2.24) is 5.43 Å². The van der Waals surface area contributed by atoms with Crippen LogP contribution >= 0.6 is 0 Å². The Balaban J connectivity index is 2.06. The lowest BCUT2D eigenvalue weighted by atomic mass is 10.2. The Morgan fingerprint density at radius 2 is 1.86 bits per heavy atom. The number of amides is 1. The molecule has 1 amide bonds. The highest BCUT2D eigenvalue weighted by Gasteiger charge is 2.05. The number of halogens is 1. The van der Waals surface area contributed by atoms with Crippen LogP contribution in [-0.2, 0) is 0 Å². The Hall–Kier alpha value is -2.89. The summed E-state index contributed by atoms with van der Waals surface area (Å²) >= 11 is 0. The van der Waals surface area contributed by atoms with Gasteiger partial charge >= 0.3 is 0 Å². The van der Waals surface area contributed by atoms with E-state index in [1.54, 1.807) is 25.3 Å². The molecule has 0 saturated heterocycles. The van der Waals surface area contributed by atoms with Gasteiger partial charge < -0.3 is 9.47 Å². The lowest BCUT2D eigenvalue weighted by Gasteiger charge is -2.06. The highest BCUT2D eigenvalue weighted by molar-refractivity contribution is 5.95. The molecule has 2 aromatic rings. The number of benzene rings is 2. The molecule has 0 fully saturated rings. The average Bonchev–Trinajstić information content (AvgIpc) is 2.55. The van der Waals surface area contributed by atoms with E-state index < -0.39 is 11.7 Å². The first-order chi connectivity index (χ1) is 10.6. The number of ether oxygens (including phenoxy) is 2. The Kier molecular flexibility index (Phi) is 5.08. The number of nitrogens with zero attached hydrogens (tertiary/aromatic N) is 1. The van der Waals surface area contributed by atoms with Crippen LogP contribution in [0.1, 0.15) is 15.9 Å². The molecular formula is C16H15FN2O3. The molecule has 2 aromatic carbocycles. The van der Waals surface area contributed by atoms with E-state index in [2.05, 4.69) is 10.5 Å². The van der Waals surface area contributed by atoms with E-state index in [0.29, 0.717) is 22.6 Å².